The molecule has 0 saturated carbocycles. The van der Waals surface area contributed by atoms with Crippen molar-refractivity contribution in [3.63, 3.8) is 0 Å². The summed E-state index contributed by atoms with van der Waals surface area (Å²) in [5.74, 6) is 0. The third kappa shape index (κ3) is 6.39. The van der Waals surface area contributed by atoms with E-state index >= 15 is 0 Å². The SMILES string of the molecule is CN(CCNS(=O)(=O)c1cc(-c2ccccc2)cc2cnccc12)CC(O)C(O)c1ccc([N+](=O)[O-])cc1. The van der Waals surface area contributed by atoms with Crippen LogP contribution in [0.3, 0.4) is 0 Å². The molecule has 3 N–H and O–H groups in total. The third-order valence-corrected chi connectivity index (χ3v) is 7.71. The minimum absolute atomic E-state index is 0.0535. The summed E-state index contributed by atoms with van der Waals surface area (Å²) in [6.45, 7) is 0.389. The highest BCUT2D eigenvalue weighted by atomic mass is 32.2. The lowest BCUT2D eigenvalue weighted by molar-refractivity contribution is -0.384. The highest BCUT2D eigenvalue weighted by Gasteiger charge is 2.22. The first-order valence-corrected chi connectivity index (χ1v) is 13.4. The lowest BCUT2D eigenvalue weighted by Crippen LogP contribution is -2.38. The molecule has 10 nitrogen and oxygen atoms in total. The van der Waals surface area contributed by atoms with Crippen LogP contribution in [0.5, 0.6) is 0 Å². The van der Waals surface area contributed by atoms with Crippen LogP contribution in [-0.2, 0) is 10.0 Å². The highest BCUT2D eigenvalue weighted by molar-refractivity contribution is 7.89. The van der Waals surface area contributed by atoms with Crippen LogP contribution in [0.4, 0.5) is 5.69 Å². The van der Waals surface area contributed by atoms with Crippen molar-refractivity contribution in [1.29, 1.82) is 0 Å². The fourth-order valence-electron chi connectivity index (χ4n) is 4.17. The summed E-state index contributed by atoms with van der Waals surface area (Å²) >= 11 is 0. The Balaban J connectivity index is 1.41. The smallest absolute Gasteiger partial charge is 0.269 e. The molecule has 0 spiro atoms. The van der Waals surface area contributed by atoms with Crippen molar-refractivity contribution in [2.24, 2.45) is 0 Å². The molecule has 1 heterocycles. The topological polar surface area (TPSA) is 146 Å². The van der Waals surface area contributed by atoms with Crippen LogP contribution in [-0.4, -0.2) is 66.2 Å². The van der Waals surface area contributed by atoms with Crippen molar-refractivity contribution < 1.29 is 23.6 Å². The molecule has 0 aliphatic heterocycles. The van der Waals surface area contributed by atoms with E-state index in [9.17, 15) is 28.7 Å². The number of hydrogen-bond donors (Lipinski definition) is 3. The van der Waals surface area contributed by atoms with Gasteiger partial charge in [0.05, 0.1) is 15.9 Å². The van der Waals surface area contributed by atoms with Gasteiger partial charge in [0.15, 0.2) is 0 Å². The molecule has 38 heavy (non-hydrogen) atoms. The molecular weight excluding hydrogens is 508 g/mol. The third-order valence-electron chi connectivity index (χ3n) is 6.21. The van der Waals surface area contributed by atoms with Gasteiger partial charge in [0.2, 0.25) is 10.0 Å². The van der Waals surface area contributed by atoms with E-state index in [1.54, 1.807) is 36.5 Å². The zero-order valence-electron chi connectivity index (χ0n) is 20.6. The fraction of sp³-hybridized carbons (Fsp3) is 0.222. The van der Waals surface area contributed by atoms with Gasteiger partial charge in [-0.1, -0.05) is 30.3 Å². The standard InChI is InChI=1S/C27H28N4O6S/c1-30(18-25(32)27(33)20-7-9-23(10-8-20)31(34)35)14-13-29-38(36,37)26-16-21(19-5-3-2-4-6-19)15-22-17-28-12-11-24(22)26/h2-12,15-17,25,27,29,32-33H,13-14,18H2,1H3. The lowest BCUT2D eigenvalue weighted by Gasteiger charge is -2.24. The number of pyridine rings is 1. The van der Waals surface area contributed by atoms with Crippen molar-refractivity contribution >= 4 is 26.5 Å². The van der Waals surface area contributed by atoms with Crippen LogP contribution in [0.1, 0.15) is 11.7 Å². The van der Waals surface area contributed by atoms with E-state index in [0.29, 0.717) is 16.3 Å². The first-order valence-electron chi connectivity index (χ1n) is 11.9. The van der Waals surface area contributed by atoms with Crippen molar-refractivity contribution in [3.8, 4) is 11.1 Å². The maximum Gasteiger partial charge on any atom is 0.269 e. The number of aromatic nitrogens is 1. The molecule has 0 amide bonds. The molecule has 0 aliphatic carbocycles. The highest BCUT2D eigenvalue weighted by Crippen LogP contribution is 2.30. The number of sulfonamides is 1. The van der Waals surface area contributed by atoms with Gasteiger partial charge in [-0.2, -0.15) is 0 Å². The summed E-state index contributed by atoms with van der Waals surface area (Å²) < 4.78 is 29.3. The average Bonchev–Trinajstić information content (AvgIpc) is 2.92. The Morgan fingerprint density at radius 3 is 2.42 bits per heavy atom. The predicted molar refractivity (Wildman–Crippen MR) is 144 cm³/mol. The van der Waals surface area contributed by atoms with Gasteiger partial charge in [-0.3, -0.25) is 15.1 Å². The second-order valence-corrected chi connectivity index (χ2v) is 10.7. The van der Waals surface area contributed by atoms with Gasteiger partial charge >= 0.3 is 0 Å². The molecule has 0 bridgehead atoms. The molecule has 4 aromatic rings. The number of benzene rings is 3. The Bertz CT molecular complexity index is 1510. The van der Waals surface area contributed by atoms with Crippen molar-refractivity contribution in [2.45, 2.75) is 17.1 Å². The molecule has 0 radical (unpaired) electrons. The van der Waals surface area contributed by atoms with Crippen LogP contribution >= 0.6 is 0 Å². The summed E-state index contributed by atoms with van der Waals surface area (Å²) in [5.41, 5.74) is 1.87. The van der Waals surface area contributed by atoms with E-state index in [1.807, 2.05) is 36.4 Å². The average molecular weight is 537 g/mol. The first-order chi connectivity index (χ1) is 18.2. The second kappa shape index (κ2) is 11.8. The van der Waals surface area contributed by atoms with Crippen LogP contribution in [0.2, 0.25) is 0 Å². The predicted octanol–water partition coefficient (Wildman–Crippen LogP) is 3.11. The second-order valence-electron chi connectivity index (χ2n) is 8.96. The number of non-ortho nitro benzene ring substituents is 1. The quantitative estimate of drug-likeness (QED) is 0.196. The molecule has 198 valence electrons. The number of aliphatic hydroxyl groups excluding tert-OH is 2. The van der Waals surface area contributed by atoms with E-state index in [4.69, 9.17) is 0 Å². The first kappa shape index (κ1) is 27.3. The maximum absolute atomic E-state index is 13.3. The Kier molecular flexibility index (Phi) is 8.45. The van der Waals surface area contributed by atoms with E-state index in [-0.39, 0.29) is 30.2 Å². The molecule has 11 heteroatoms. The molecule has 1 aromatic heterocycles. The molecule has 0 saturated heterocycles. The monoisotopic (exact) mass is 536 g/mol. The number of nitrogens with zero attached hydrogens (tertiary/aromatic N) is 3. The fourth-order valence-corrected chi connectivity index (χ4v) is 5.44. The van der Waals surface area contributed by atoms with Gasteiger partial charge in [-0.05, 0) is 54.1 Å². The molecule has 2 unspecified atom stereocenters. The Hall–Kier alpha value is -3.74. The number of likely N-dealkylation sites (N-methyl/N-ethyl adjacent to an activating group) is 1. The number of rotatable bonds is 11. The number of nitro benzene ring substituents is 1. The van der Waals surface area contributed by atoms with Gasteiger partial charge in [-0.25, -0.2) is 13.1 Å². The van der Waals surface area contributed by atoms with E-state index in [0.717, 1.165) is 11.1 Å². The lowest BCUT2D eigenvalue weighted by atomic mass is 10.0. The normalized spacial score (nSPS) is 13.5. The summed E-state index contributed by atoms with van der Waals surface area (Å²) in [5, 5.41) is 32.9. The van der Waals surface area contributed by atoms with Gasteiger partial charge in [0.25, 0.3) is 5.69 Å². The largest absolute Gasteiger partial charge is 0.389 e. The minimum Gasteiger partial charge on any atom is -0.389 e. The van der Waals surface area contributed by atoms with Crippen LogP contribution in [0.25, 0.3) is 21.9 Å². The van der Waals surface area contributed by atoms with Gasteiger partial charge in [-0.15, -0.1) is 0 Å². The van der Waals surface area contributed by atoms with Gasteiger partial charge in [0, 0.05) is 54.9 Å². The number of hydrogen-bond acceptors (Lipinski definition) is 8. The zero-order chi connectivity index (χ0) is 27.3. The van der Waals surface area contributed by atoms with Crippen LogP contribution in [0, 0.1) is 10.1 Å². The van der Waals surface area contributed by atoms with E-state index in [1.165, 1.54) is 24.3 Å². The summed E-state index contributed by atoms with van der Waals surface area (Å²) in [7, 11) is -2.19. The number of aliphatic hydroxyl groups is 2. The molecule has 0 aliphatic rings. The van der Waals surface area contributed by atoms with Crippen LogP contribution in [0.15, 0.2) is 90.1 Å². The number of nitrogens with one attached hydrogen (secondary N) is 1. The zero-order valence-corrected chi connectivity index (χ0v) is 21.5. The number of nitro groups is 1. The van der Waals surface area contributed by atoms with Gasteiger partial charge < -0.3 is 15.1 Å². The van der Waals surface area contributed by atoms with E-state index < -0.39 is 27.2 Å². The Morgan fingerprint density at radius 1 is 1.03 bits per heavy atom. The summed E-state index contributed by atoms with van der Waals surface area (Å²) in [6.07, 6.45) is 0.744. The van der Waals surface area contributed by atoms with Gasteiger partial charge in [0.1, 0.15) is 6.10 Å². The summed E-state index contributed by atoms with van der Waals surface area (Å²) in [6, 6.07) is 20.0. The van der Waals surface area contributed by atoms with Crippen molar-refractivity contribution in [1.82, 2.24) is 14.6 Å². The van der Waals surface area contributed by atoms with Crippen molar-refractivity contribution in [3.05, 3.63) is 101 Å². The maximum atomic E-state index is 13.3. The molecular formula is C27H28N4O6S. The number of fused-ring (bicyclic) bond motifs is 1. The Morgan fingerprint density at radius 2 is 1.74 bits per heavy atom. The molecule has 0 fully saturated rings. The molecule has 3 aromatic carbocycles. The van der Waals surface area contributed by atoms with Crippen LogP contribution < -0.4 is 4.72 Å². The molecule has 2 atom stereocenters. The summed E-state index contributed by atoms with van der Waals surface area (Å²) in [4.78, 5) is 16.2. The minimum atomic E-state index is -3.88. The molecule has 4 rings (SSSR count). The van der Waals surface area contributed by atoms with E-state index in [2.05, 4.69) is 9.71 Å². The van der Waals surface area contributed by atoms with Crippen molar-refractivity contribution in [2.75, 3.05) is 26.7 Å². The Labute approximate surface area is 220 Å².